The molecule has 2 unspecified atom stereocenters. The van der Waals surface area contributed by atoms with E-state index in [-0.39, 0.29) is 40.1 Å². The van der Waals surface area contributed by atoms with Crippen LogP contribution in [-0.4, -0.2) is 44.5 Å². The molecule has 7 heteroatoms. The molecule has 0 saturated carbocycles. The third-order valence-electron chi connectivity index (χ3n) is 4.23. The molecule has 0 aliphatic carbocycles. The maximum Gasteiger partial charge on any atom is 0.229 e. The summed E-state index contributed by atoms with van der Waals surface area (Å²) in [4.78, 5) is 23.4. The molecule has 3 atom stereocenters. The summed E-state index contributed by atoms with van der Waals surface area (Å²) in [6.07, 6.45) is -0.188. The molecular weight excluding hydrogens is 306 g/mol. The van der Waals surface area contributed by atoms with Crippen LogP contribution in [-0.2, 0) is 18.8 Å². The van der Waals surface area contributed by atoms with E-state index in [0.717, 1.165) is 11.8 Å². The summed E-state index contributed by atoms with van der Waals surface area (Å²) in [5, 5.41) is 2.58. The van der Waals surface area contributed by atoms with E-state index in [9.17, 15) is 9.59 Å². The SMILES string of the molecule is COCC(=O)SC1NC(=O)C1[C@@H](C)O[Si](C)(C)C(C)(C)C. The van der Waals surface area contributed by atoms with Crippen molar-refractivity contribution in [1.82, 2.24) is 5.32 Å². The lowest BCUT2D eigenvalue weighted by molar-refractivity contribution is -0.136. The van der Waals surface area contributed by atoms with Crippen molar-refractivity contribution in [3.63, 3.8) is 0 Å². The van der Waals surface area contributed by atoms with Gasteiger partial charge in [0.2, 0.25) is 11.0 Å². The van der Waals surface area contributed by atoms with Crippen molar-refractivity contribution in [2.24, 2.45) is 5.92 Å². The first-order chi connectivity index (χ1) is 9.49. The van der Waals surface area contributed by atoms with Crippen molar-refractivity contribution in [3.05, 3.63) is 0 Å². The predicted octanol–water partition coefficient (Wildman–Crippen LogP) is 2.38. The van der Waals surface area contributed by atoms with Gasteiger partial charge >= 0.3 is 0 Å². The first-order valence-corrected chi connectivity index (χ1v) is 10.9. The number of carbonyl (C=O) groups is 2. The first kappa shape index (κ1) is 18.7. The Bertz CT molecular complexity index is 408. The summed E-state index contributed by atoms with van der Waals surface area (Å²) in [7, 11) is -0.442. The van der Waals surface area contributed by atoms with E-state index in [1.165, 1.54) is 7.11 Å². The maximum atomic E-state index is 11.8. The van der Waals surface area contributed by atoms with Gasteiger partial charge in [0.15, 0.2) is 8.32 Å². The van der Waals surface area contributed by atoms with E-state index in [1.807, 2.05) is 6.92 Å². The Morgan fingerprint density at radius 2 is 2.00 bits per heavy atom. The number of methoxy groups -OCH3 is 1. The standard InChI is InChI=1S/C14H27NO4SSi/c1-9(19-21(6,7)14(2,3)4)11-12(17)15-13(11)20-10(16)8-18-5/h9,11,13H,8H2,1-7H3,(H,15,17)/t9-,11?,13?/m1/s1. The fourth-order valence-corrected chi connectivity index (χ4v) is 4.50. The Morgan fingerprint density at radius 1 is 1.43 bits per heavy atom. The average molecular weight is 334 g/mol. The second-order valence-corrected chi connectivity index (χ2v) is 12.9. The van der Waals surface area contributed by atoms with Crippen LogP contribution in [0.3, 0.4) is 0 Å². The molecule has 1 aliphatic rings. The Hall–Kier alpha value is -0.373. The first-order valence-electron chi connectivity index (χ1n) is 7.16. The molecule has 1 rings (SSSR count). The van der Waals surface area contributed by atoms with Gasteiger partial charge in [0, 0.05) is 7.11 Å². The average Bonchev–Trinajstić information content (AvgIpc) is 2.25. The van der Waals surface area contributed by atoms with Gasteiger partial charge in [-0.2, -0.15) is 0 Å². The van der Waals surface area contributed by atoms with Gasteiger partial charge in [0.1, 0.15) is 6.61 Å². The zero-order valence-corrected chi connectivity index (χ0v) is 15.8. The highest BCUT2D eigenvalue weighted by Crippen LogP contribution is 2.40. The highest BCUT2D eigenvalue weighted by molar-refractivity contribution is 8.14. The number of hydrogen-bond acceptors (Lipinski definition) is 5. The van der Waals surface area contributed by atoms with Crippen LogP contribution in [0.15, 0.2) is 0 Å². The van der Waals surface area contributed by atoms with Crippen LogP contribution < -0.4 is 5.32 Å². The number of ether oxygens (including phenoxy) is 1. The molecule has 1 aliphatic heterocycles. The molecule has 1 amide bonds. The van der Waals surface area contributed by atoms with E-state index in [2.05, 4.69) is 39.2 Å². The van der Waals surface area contributed by atoms with Crippen LogP contribution in [0.1, 0.15) is 27.7 Å². The minimum absolute atomic E-state index is 0.0380. The molecule has 21 heavy (non-hydrogen) atoms. The highest BCUT2D eigenvalue weighted by atomic mass is 32.2. The van der Waals surface area contributed by atoms with Crippen molar-refractivity contribution in [1.29, 1.82) is 0 Å². The monoisotopic (exact) mass is 333 g/mol. The third kappa shape index (κ3) is 4.55. The van der Waals surface area contributed by atoms with Gasteiger partial charge in [0.05, 0.1) is 17.4 Å². The summed E-state index contributed by atoms with van der Waals surface area (Å²) in [6.45, 7) is 12.8. The van der Waals surface area contributed by atoms with Crippen molar-refractivity contribution >= 4 is 31.1 Å². The van der Waals surface area contributed by atoms with Crippen molar-refractivity contribution < 1.29 is 18.8 Å². The van der Waals surface area contributed by atoms with E-state index >= 15 is 0 Å². The van der Waals surface area contributed by atoms with E-state index in [0.29, 0.717) is 0 Å². The highest BCUT2D eigenvalue weighted by Gasteiger charge is 2.48. The second-order valence-electron chi connectivity index (χ2n) is 6.96. The molecule has 1 heterocycles. The maximum absolute atomic E-state index is 11.8. The third-order valence-corrected chi connectivity index (χ3v) is 9.85. The summed E-state index contributed by atoms with van der Waals surface area (Å²) >= 11 is 1.12. The zero-order chi connectivity index (χ0) is 16.4. The largest absolute Gasteiger partial charge is 0.413 e. The lowest BCUT2D eigenvalue weighted by Gasteiger charge is -2.44. The second kappa shape index (κ2) is 6.81. The van der Waals surface area contributed by atoms with Gasteiger partial charge < -0.3 is 14.5 Å². The van der Waals surface area contributed by atoms with Crippen LogP contribution in [0.4, 0.5) is 0 Å². The molecule has 1 N–H and O–H groups in total. The van der Waals surface area contributed by atoms with Gasteiger partial charge in [-0.15, -0.1) is 0 Å². The number of carbonyl (C=O) groups excluding carboxylic acids is 2. The number of hydrogen-bond donors (Lipinski definition) is 1. The fraction of sp³-hybridized carbons (Fsp3) is 0.857. The van der Waals surface area contributed by atoms with Crippen molar-refractivity contribution in [3.8, 4) is 0 Å². The van der Waals surface area contributed by atoms with E-state index in [1.54, 1.807) is 0 Å². The molecule has 0 aromatic rings. The lowest BCUT2D eigenvalue weighted by atomic mass is 9.96. The van der Waals surface area contributed by atoms with E-state index in [4.69, 9.17) is 9.16 Å². The fourth-order valence-electron chi connectivity index (χ4n) is 1.94. The summed E-state index contributed by atoms with van der Waals surface area (Å²) in [6, 6.07) is 0. The van der Waals surface area contributed by atoms with Gasteiger partial charge in [-0.05, 0) is 25.1 Å². The van der Waals surface area contributed by atoms with Gasteiger partial charge in [-0.3, -0.25) is 9.59 Å². The molecule has 1 fully saturated rings. The predicted molar refractivity (Wildman–Crippen MR) is 87.6 cm³/mol. The Balaban J connectivity index is 2.65. The van der Waals surface area contributed by atoms with Crippen LogP contribution in [0.25, 0.3) is 0 Å². The molecule has 5 nitrogen and oxygen atoms in total. The minimum Gasteiger partial charge on any atom is -0.413 e. The Morgan fingerprint density at radius 3 is 2.43 bits per heavy atom. The number of β-lactam (4-membered cyclic amide) rings is 1. The Kier molecular flexibility index (Phi) is 6.05. The number of thioether (sulfide) groups is 1. The van der Waals surface area contributed by atoms with Crippen molar-refractivity contribution in [2.75, 3.05) is 13.7 Å². The normalized spacial score (nSPS) is 24.2. The Labute approximate surface area is 132 Å². The molecule has 0 aromatic heterocycles. The lowest BCUT2D eigenvalue weighted by Crippen LogP contribution is -2.62. The van der Waals surface area contributed by atoms with Gasteiger partial charge in [-0.25, -0.2) is 0 Å². The van der Waals surface area contributed by atoms with Gasteiger partial charge in [0.25, 0.3) is 0 Å². The van der Waals surface area contributed by atoms with Gasteiger partial charge in [-0.1, -0.05) is 32.5 Å². The quantitative estimate of drug-likeness (QED) is 0.597. The molecular formula is C14H27NO4SSi. The van der Waals surface area contributed by atoms with Crippen LogP contribution in [0.2, 0.25) is 18.1 Å². The smallest absolute Gasteiger partial charge is 0.229 e. The summed E-state index contributed by atoms with van der Waals surface area (Å²) < 4.78 is 11.1. The number of amides is 1. The van der Waals surface area contributed by atoms with Crippen LogP contribution >= 0.6 is 11.8 Å². The summed E-state index contributed by atoms with van der Waals surface area (Å²) in [5.41, 5.74) is 0. The van der Waals surface area contributed by atoms with E-state index < -0.39 is 8.32 Å². The molecule has 122 valence electrons. The molecule has 0 aromatic carbocycles. The van der Waals surface area contributed by atoms with Crippen LogP contribution in [0.5, 0.6) is 0 Å². The van der Waals surface area contributed by atoms with Crippen molar-refractivity contribution in [2.45, 2.75) is 57.3 Å². The topological polar surface area (TPSA) is 64.6 Å². The molecule has 0 radical (unpaired) electrons. The minimum atomic E-state index is -1.93. The molecule has 0 spiro atoms. The zero-order valence-electron chi connectivity index (χ0n) is 14.0. The number of nitrogens with one attached hydrogen (secondary N) is 1. The summed E-state index contributed by atoms with van der Waals surface area (Å²) in [5.74, 6) is -0.311. The van der Waals surface area contributed by atoms with Crippen LogP contribution in [0, 0.1) is 5.92 Å². The number of rotatable bonds is 6. The molecule has 0 bridgehead atoms. The molecule has 1 saturated heterocycles.